The highest BCUT2D eigenvalue weighted by Gasteiger charge is 2.31. The van der Waals surface area contributed by atoms with Gasteiger partial charge in [0.05, 0.1) is 5.52 Å². The van der Waals surface area contributed by atoms with Crippen LogP contribution in [-0.2, 0) is 4.57 Å². The van der Waals surface area contributed by atoms with Gasteiger partial charge in [-0.1, -0.05) is 83.9 Å². The Morgan fingerprint density at radius 3 is 1.77 bits per heavy atom. The lowest BCUT2D eigenvalue weighted by molar-refractivity contribution is 0.592. The maximum atomic E-state index is 14.4. The predicted octanol–water partition coefficient (Wildman–Crippen LogP) is 4.49. The molecule has 1 aromatic heterocycles. The van der Waals surface area contributed by atoms with E-state index in [0.717, 1.165) is 32.6 Å². The summed E-state index contributed by atoms with van der Waals surface area (Å²) in [7, 11) is -3.03. The molecule has 2 nitrogen and oxygen atoms in total. The third kappa shape index (κ3) is 2.87. The Balaban J connectivity index is 1.99. The fraction of sp³-hybridized carbons (Fsp3) is 0.0870. The van der Waals surface area contributed by atoms with Crippen LogP contribution in [0.1, 0.15) is 11.1 Å². The molecule has 0 unspecified atom stereocenters. The minimum atomic E-state index is -3.03. The van der Waals surface area contributed by atoms with E-state index in [4.69, 9.17) is 4.98 Å². The molecule has 0 aliphatic carbocycles. The number of nitrogens with zero attached hydrogens (tertiary/aromatic N) is 1. The summed E-state index contributed by atoms with van der Waals surface area (Å²) in [5.74, 6) is 0. The van der Waals surface area contributed by atoms with E-state index in [1.165, 1.54) is 0 Å². The van der Waals surface area contributed by atoms with Crippen molar-refractivity contribution in [3.63, 3.8) is 0 Å². The van der Waals surface area contributed by atoms with Crippen LogP contribution in [0.2, 0.25) is 0 Å². The maximum absolute atomic E-state index is 14.4. The molecule has 0 fully saturated rings. The molecule has 3 aromatic carbocycles. The molecule has 3 heteroatoms. The first-order valence-corrected chi connectivity index (χ1v) is 10.4. The number of aryl methyl sites for hydroxylation is 2. The van der Waals surface area contributed by atoms with E-state index < -0.39 is 7.14 Å². The SMILES string of the molecule is Cc1ccc(P(=O)(c2ccc(C)cc2)c2ccc3ccccc3n2)cc1. The summed E-state index contributed by atoms with van der Waals surface area (Å²) in [6, 6.07) is 27.8. The Morgan fingerprint density at radius 1 is 0.654 bits per heavy atom. The quantitative estimate of drug-likeness (QED) is 0.506. The first-order chi connectivity index (χ1) is 12.6. The average Bonchev–Trinajstić information content (AvgIpc) is 2.68. The molecule has 0 aliphatic heterocycles. The molecule has 0 saturated carbocycles. The van der Waals surface area contributed by atoms with Crippen molar-refractivity contribution in [1.82, 2.24) is 4.98 Å². The van der Waals surface area contributed by atoms with Gasteiger partial charge in [-0.2, -0.15) is 0 Å². The number of pyridine rings is 1. The van der Waals surface area contributed by atoms with Crippen LogP contribution < -0.4 is 16.0 Å². The summed E-state index contributed by atoms with van der Waals surface area (Å²) in [5, 5.41) is 2.68. The second kappa shape index (κ2) is 6.55. The Bertz CT molecular complexity index is 1070. The van der Waals surface area contributed by atoms with Crippen LogP contribution in [-0.4, -0.2) is 4.98 Å². The Hall–Kier alpha value is -2.70. The monoisotopic (exact) mass is 357 g/mol. The number of benzene rings is 3. The van der Waals surface area contributed by atoms with Crippen molar-refractivity contribution in [2.75, 3.05) is 0 Å². The van der Waals surface area contributed by atoms with Crippen LogP contribution in [0.25, 0.3) is 10.9 Å². The normalized spacial score (nSPS) is 11.6. The Kier molecular flexibility index (Phi) is 4.22. The average molecular weight is 357 g/mol. The molecule has 0 spiro atoms. The van der Waals surface area contributed by atoms with Crippen molar-refractivity contribution in [3.05, 3.63) is 96.1 Å². The summed E-state index contributed by atoms with van der Waals surface area (Å²) in [6.07, 6.45) is 0. The molecular formula is C23H20NOP. The van der Waals surface area contributed by atoms with Crippen LogP contribution in [0.3, 0.4) is 0 Å². The lowest BCUT2D eigenvalue weighted by Crippen LogP contribution is -2.27. The first kappa shape index (κ1) is 16.8. The van der Waals surface area contributed by atoms with Crippen molar-refractivity contribution in [1.29, 1.82) is 0 Å². The largest absolute Gasteiger partial charge is 0.307 e. The number of para-hydroxylation sites is 1. The topological polar surface area (TPSA) is 30.0 Å². The minimum Gasteiger partial charge on any atom is -0.307 e. The molecule has 0 saturated heterocycles. The molecule has 0 radical (unpaired) electrons. The van der Waals surface area contributed by atoms with Gasteiger partial charge >= 0.3 is 0 Å². The van der Waals surface area contributed by atoms with Gasteiger partial charge in [0.25, 0.3) is 0 Å². The summed E-state index contributed by atoms with van der Waals surface area (Å²) < 4.78 is 14.4. The van der Waals surface area contributed by atoms with Gasteiger partial charge in [-0.25, -0.2) is 4.98 Å². The molecule has 1 heterocycles. The van der Waals surface area contributed by atoms with Crippen LogP contribution in [0, 0.1) is 13.8 Å². The van der Waals surface area contributed by atoms with Gasteiger partial charge in [0, 0.05) is 16.0 Å². The van der Waals surface area contributed by atoms with E-state index in [1.54, 1.807) is 0 Å². The summed E-state index contributed by atoms with van der Waals surface area (Å²) in [4.78, 5) is 4.78. The zero-order chi connectivity index (χ0) is 18.1. The number of fused-ring (bicyclic) bond motifs is 1. The van der Waals surface area contributed by atoms with Crippen molar-refractivity contribution < 1.29 is 4.57 Å². The van der Waals surface area contributed by atoms with Crippen LogP contribution >= 0.6 is 7.14 Å². The van der Waals surface area contributed by atoms with Crippen molar-refractivity contribution in [3.8, 4) is 0 Å². The van der Waals surface area contributed by atoms with E-state index in [9.17, 15) is 4.57 Å². The van der Waals surface area contributed by atoms with Gasteiger partial charge in [0.2, 0.25) is 0 Å². The van der Waals surface area contributed by atoms with E-state index >= 15 is 0 Å². The van der Waals surface area contributed by atoms with E-state index in [2.05, 4.69) is 0 Å². The predicted molar refractivity (Wildman–Crippen MR) is 111 cm³/mol. The summed E-state index contributed by atoms with van der Waals surface area (Å²) in [5.41, 5.74) is 3.79. The molecule has 0 bridgehead atoms. The molecule has 0 amide bonds. The number of aromatic nitrogens is 1. The van der Waals surface area contributed by atoms with Gasteiger partial charge in [-0.3, -0.25) is 0 Å². The van der Waals surface area contributed by atoms with Gasteiger partial charge < -0.3 is 4.57 Å². The Morgan fingerprint density at radius 2 is 1.19 bits per heavy atom. The molecule has 0 N–H and O–H groups in total. The van der Waals surface area contributed by atoms with Gasteiger partial charge in [0.1, 0.15) is 5.44 Å². The Labute approximate surface area is 153 Å². The first-order valence-electron chi connectivity index (χ1n) is 8.68. The van der Waals surface area contributed by atoms with E-state index in [0.29, 0.717) is 5.44 Å². The van der Waals surface area contributed by atoms with Crippen molar-refractivity contribution in [2.45, 2.75) is 13.8 Å². The van der Waals surface area contributed by atoms with Crippen LogP contribution in [0.4, 0.5) is 0 Å². The van der Waals surface area contributed by atoms with Crippen molar-refractivity contribution >= 4 is 34.1 Å². The highest BCUT2D eigenvalue weighted by Crippen LogP contribution is 2.42. The second-order valence-electron chi connectivity index (χ2n) is 6.64. The molecule has 0 aliphatic rings. The second-order valence-corrected chi connectivity index (χ2v) is 9.35. The third-order valence-corrected chi connectivity index (χ3v) is 7.65. The standard InChI is InChI=1S/C23H20NOP/c1-17-7-12-20(13-8-17)26(25,21-14-9-18(2)10-15-21)23-16-11-19-5-3-4-6-22(19)24-23/h3-16H,1-2H3. The molecule has 4 aromatic rings. The van der Waals surface area contributed by atoms with Gasteiger partial charge in [-0.05, 0) is 26.0 Å². The van der Waals surface area contributed by atoms with E-state index in [1.807, 2.05) is 98.8 Å². The molecule has 128 valence electrons. The van der Waals surface area contributed by atoms with Crippen molar-refractivity contribution in [2.24, 2.45) is 0 Å². The molecule has 4 rings (SSSR count). The number of hydrogen-bond donors (Lipinski definition) is 0. The lowest BCUT2D eigenvalue weighted by Gasteiger charge is -2.20. The number of hydrogen-bond acceptors (Lipinski definition) is 2. The summed E-state index contributed by atoms with van der Waals surface area (Å²) >= 11 is 0. The van der Waals surface area contributed by atoms with E-state index in [-0.39, 0.29) is 0 Å². The fourth-order valence-corrected chi connectivity index (χ4v) is 5.65. The van der Waals surface area contributed by atoms with Crippen LogP contribution in [0.15, 0.2) is 84.9 Å². The zero-order valence-electron chi connectivity index (χ0n) is 14.9. The smallest absolute Gasteiger partial charge is 0.188 e. The minimum absolute atomic E-state index is 0.629. The number of rotatable bonds is 3. The highest BCUT2D eigenvalue weighted by atomic mass is 31.2. The van der Waals surface area contributed by atoms with Crippen LogP contribution in [0.5, 0.6) is 0 Å². The van der Waals surface area contributed by atoms with Gasteiger partial charge in [-0.15, -0.1) is 0 Å². The molecular weight excluding hydrogens is 337 g/mol. The third-order valence-electron chi connectivity index (χ3n) is 4.70. The lowest BCUT2D eigenvalue weighted by atomic mass is 10.2. The van der Waals surface area contributed by atoms with Gasteiger partial charge in [0.15, 0.2) is 7.14 Å². The maximum Gasteiger partial charge on any atom is 0.188 e. The zero-order valence-corrected chi connectivity index (χ0v) is 15.8. The summed E-state index contributed by atoms with van der Waals surface area (Å²) in [6.45, 7) is 4.07. The fourth-order valence-electron chi connectivity index (χ4n) is 3.15. The molecule has 26 heavy (non-hydrogen) atoms. The highest BCUT2D eigenvalue weighted by molar-refractivity contribution is 7.85. The molecule has 0 atom stereocenters.